The van der Waals surface area contributed by atoms with Gasteiger partial charge in [-0.05, 0) is 25.2 Å². The summed E-state index contributed by atoms with van der Waals surface area (Å²) in [4.78, 5) is 0. The molecule has 2 unspecified atom stereocenters. The van der Waals surface area contributed by atoms with Gasteiger partial charge < -0.3 is 5.73 Å². The van der Waals surface area contributed by atoms with Crippen LogP contribution >= 0.6 is 0 Å². The van der Waals surface area contributed by atoms with E-state index >= 15 is 0 Å². The Hall–Kier alpha value is -0.560. The van der Waals surface area contributed by atoms with Gasteiger partial charge in [-0.15, -0.1) is 0 Å². The largest absolute Gasteiger partial charge is 0.327 e. The van der Waals surface area contributed by atoms with E-state index in [4.69, 9.17) is 5.73 Å². The summed E-state index contributed by atoms with van der Waals surface area (Å²) in [6, 6.07) is 0.334. The molecule has 2 atom stereocenters. The lowest BCUT2D eigenvalue weighted by molar-refractivity contribution is 0.668. The molecule has 0 amide bonds. The van der Waals surface area contributed by atoms with Crippen LogP contribution in [0.3, 0.4) is 0 Å². The Morgan fingerprint density at radius 2 is 1.82 bits per heavy atom. The van der Waals surface area contributed by atoms with Crippen molar-refractivity contribution in [3.8, 4) is 0 Å². The molecule has 0 aromatic rings. The minimum atomic E-state index is 0.334. The lowest BCUT2D eigenvalue weighted by Gasteiger charge is -2.10. The lowest BCUT2D eigenvalue weighted by atomic mass is 9.99. The molecular weight excluding hydrogens is 134 g/mol. The van der Waals surface area contributed by atoms with E-state index in [0.29, 0.717) is 12.0 Å². The molecule has 0 saturated heterocycles. The zero-order chi connectivity index (χ0) is 8.10. The summed E-state index contributed by atoms with van der Waals surface area (Å²) in [7, 11) is 0. The summed E-state index contributed by atoms with van der Waals surface area (Å²) < 4.78 is 0. The van der Waals surface area contributed by atoms with Gasteiger partial charge in [-0.25, -0.2) is 0 Å². The maximum Gasteiger partial charge on any atom is 0.0108 e. The van der Waals surface area contributed by atoms with Gasteiger partial charge in [0, 0.05) is 6.04 Å². The van der Waals surface area contributed by atoms with Gasteiger partial charge >= 0.3 is 0 Å². The van der Waals surface area contributed by atoms with E-state index in [2.05, 4.69) is 31.2 Å². The van der Waals surface area contributed by atoms with Gasteiger partial charge in [0.1, 0.15) is 0 Å². The van der Waals surface area contributed by atoms with E-state index in [1.807, 2.05) is 0 Å². The summed E-state index contributed by atoms with van der Waals surface area (Å²) in [5.41, 5.74) is 5.79. The highest BCUT2D eigenvalue weighted by Crippen LogP contribution is 2.12. The minimum Gasteiger partial charge on any atom is -0.327 e. The van der Waals surface area contributed by atoms with Crippen LogP contribution in [0.1, 0.15) is 26.2 Å². The Balaban J connectivity index is 2.50. The number of allylic oxidation sites excluding steroid dienone is 2. The van der Waals surface area contributed by atoms with Crippen molar-refractivity contribution in [3.05, 3.63) is 24.3 Å². The van der Waals surface area contributed by atoms with Crippen molar-refractivity contribution in [2.24, 2.45) is 11.7 Å². The molecule has 0 aromatic heterocycles. The first-order valence-electron chi connectivity index (χ1n) is 4.42. The van der Waals surface area contributed by atoms with Crippen LogP contribution < -0.4 is 5.73 Å². The lowest BCUT2D eigenvalue weighted by Crippen LogP contribution is -2.18. The molecule has 62 valence electrons. The predicted molar refractivity (Wildman–Crippen MR) is 49.3 cm³/mol. The summed E-state index contributed by atoms with van der Waals surface area (Å²) in [5, 5.41) is 0. The highest BCUT2D eigenvalue weighted by Gasteiger charge is 2.02. The van der Waals surface area contributed by atoms with E-state index in [1.54, 1.807) is 0 Å². The first-order valence-corrected chi connectivity index (χ1v) is 4.42. The zero-order valence-electron chi connectivity index (χ0n) is 7.16. The standard InChI is InChI=1S/C10H17N/c1-2-9-5-3-7-10(11)8-4-6-9/h3-6,9-10H,2,7-8,11H2,1H3/b5-3-,6-4?. The van der Waals surface area contributed by atoms with Gasteiger partial charge in [-0.1, -0.05) is 31.2 Å². The Kier molecular flexibility index (Phi) is 3.37. The predicted octanol–water partition coefficient (Wildman–Crippen LogP) is 2.25. The number of nitrogens with two attached hydrogens (primary N) is 1. The Morgan fingerprint density at radius 1 is 1.27 bits per heavy atom. The van der Waals surface area contributed by atoms with Crippen molar-refractivity contribution < 1.29 is 0 Å². The Labute approximate surface area is 69.0 Å². The fraction of sp³-hybridized carbons (Fsp3) is 0.600. The molecule has 2 N–H and O–H groups in total. The molecule has 0 heterocycles. The summed E-state index contributed by atoms with van der Waals surface area (Å²) in [6.07, 6.45) is 12.2. The Morgan fingerprint density at radius 3 is 2.27 bits per heavy atom. The van der Waals surface area contributed by atoms with Crippen molar-refractivity contribution in [1.29, 1.82) is 0 Å². The van der Waals surface area contributed by atoms with Crippen LogP contribution in [0.2, 0.25) is 0 Å². The van der Waals surface area contributed by atoms with Crippen molar-refractivity contribution in [2.45, 2.75) is 32.2 Å². The molecule has 0 spiro atoms. The van der Waals surface area contributed by atoms with E-state index in [9.17, 15) is 0 Å². The third-order valence-corrected chi connectivity index (χ3v) is 2.12. The molecular formula is C10H17N. The second-order valence-electron chi connectivity index (χ2n) is 3.16. The van der Waals surface area contributed by atoms with Crippen LogP contribution in [-0.4, -0.2) is 6.04 Å². The van der Waals surface area contributed by atoms with Crippen LogP contribution in [-0.2, 0) is 0 Å². The molecule has 0 aromatic carbocycles. The highest BCUT2D eigenvalue weighted by molar-refractivity contribution is 5.04. The highest BCUT2D eigenvalue weighted by atomic mass is 14.6. The first kappa shape index (κ1) is 8.54. The van der Waals surface area contributed by atoms with Gasteiger partial charge in [0.05, 0.1) is 0 Å². The van der Waals surface area contributed by atoms with Gasteiger partial charge in [0.15, 0.2) is 0 Å². The fourth-order valence-corrected chi connectivity index (χ4v) is 1.29. The van der Waals surface area contributed by atoms with Crippen molar-refractivity contribution in [3.63, 3.8) is 0 Å². The maximum atomic E-state index is 5.79. The monoisotopic (exact) mass is 151 g/mol. The van der Waals surface area contributed by atoms with Crippen molar-refractivity contribution in [1.82, 2.24) is 0 Å². The smallest absolute Gasteiger partial charge is 0.0108 e. The van der Waals surface area contributed by atoms with Crippen LogP contribution in [0.4, 0.5) is 0 Å². The third-order valence-electron chi connectivity index (χ3n) is 2.12. The number of hydrogen-bond donors (Lipinski definition) is 1. The minimum absolute atomic E-state index is 0.334. The average Bonchev–Trinajstić information content (AvgIpc) is 1.96. The second kappa shape index (κ2) is 4.35. The molecule has 0 aliphatic heterocycles. The Bertz CT molecular complexity index is 142. The normalized spacial score (nSPS) is 34.4. The quantitative estimate of drug-likeness (QED) is 0.571. The molecule has 1 nitrogen and oxygen atoms in total. The topological polar surface area (TPSA) is 26.0 Å². The van der Waals surface area contributed by atoms with E-state index in [-0.39, 0.29) is 0 Å². The van der Waals surface area contributed by atoms with Crippen LogP contribution in [0.25, 0.3) is 0 Å². The number of rotatable bonds is 1. The molecule has 0 radical (unpaired) electrons. The maximum absolute atomic E-state index is 5.79. The van der Waals surface area contributed by atoms with Gasteiger partial charge in [0.2, 0.25) is 0 Å². The number of hydrogen-bond acceptors (Lipinski definition) is 1. The zero-order valence-corrected chi connectivity index (χ0v) is 7.16. The van der Waals surface area contributed by atoms with Gasteiger partial charge in [0.25, 0.3) is 0 Å². The molecule has 0 fully saturated rings. The molecule has 1 rings (SSSR count). The molecule has 11 heavy (non-hydrogen) atoms. The van der Waals surface area contributed by atoms with Crippen LogP contribution in [0.15, 0.2) is 24.3 Å². The first-order chi connectivity index (χ1) is 5.33. The van der Waals surface area contributed by atoms with Crippen molar-refractivity contribution >= 4 is 0 Å². The van der Waals surface area contributed by atoms with Gasteiger partial charge in [-0.2, -0.15) is 0 Å². The molecule has 1 aliphatic rings. The fourth-order valence-electron chi connectivity index (χ4n) is 1.29. The van der Waals surface area contributed by atoms with Crippen LogP contribution in [0.5, 0.6) is 0 Å². The molecule has 0 bridgehead atoms. The van der Waals surface area contributed by atoms with E-state index < -0.39 is 0 Å². The summed E-state index contributed by atoms with van der Waals surface area (Å²) in [6.45, 7) is 2.21. The molecule has 1 heteroatoms. The summed E-state index contributed by atoms with van der Waals surface area (Å²) in [5.74, 6) is 0.641. The van der Waals surface area contributed by atoms with E-state index in [0.717, 1.165) is 12.8 Å². The summed E-state index contributed by atoms with van der Waals surface area (Å²) >= 11 is 0. The molecule has 0 saturated carbocycles. The SMILES string of the molecule is CCC1C=CCC(N)C/C=C\1. The van der Waals surface area contributed by atoms with E-state index in [1.165, 1.54) is 6.42 Å². The second-order valence-corrected chi connectivity index (χ2v) is 3.16. The van der Waals surface area contributed by atoms with Gasteiger partial charge in [-0.3, -0.25) is 0 Å². The third kappa shape index (κ3) is 2.89. The van der Waals surface area contributed by atoms with Crippen LogP contribution in [0, 0.1) is 5.92 Å². The molecule has 1 aliphatic carbocycles. The average molecular weight is 151 g/mol. The van der Waals surface area contributed by atoms with Crippen molar-refractivity contribution in [2.75, 3.05) is 0 Å².